The molecule has 0 aromatic heterocycles. The van der Waals surface area contributed by atoms with Crippen molar-refractivity contribution in [3.8, 4) is 11.5 Å². The zero-order valence-electron chi connectivity index (χ0n) is 19.9. The average Bonchev–Trinajstić information content (AvgIpc) is 3.13. The molecule has 1 fully saturated rings. The summed E-state index contributed by atoms with van der Waals surface area (Å²) in [5.74, 6) is -0.533. The first kappa shape index (κ1) is 26.7. The Labute approximate surface area is 228 Å². The molecule has 1 N–H and O–H groups in total. The zero-order chi connectivity index (χ0) is 26.5. The maximum atomic E-state index is 13.3. The van der Waals surface area contributed by atoms with Crippen molar-refractivity contribution in [2.24, 2.45) is 0 Å². The molecule has 1 aliphatic heterocycles. The number of nitrogens with zero attached hydrogens (tertiary/aromatic N) is 1. The lowest BCUT2D eigenvalue weighted by Crippen LogP contribution is -2.27. The van der Waals surface area contributed by atoms with Crippen LogP contribution in [0.25, 0.3) is 6.08 Å². The molecule has 1 saturated heterocycles. The molecule has 0 aliphatic carbocycles. The highest BCUT2D eigenvalue weighted by molar-refractivity contribution is 8.27. The lowest BCUT2D eigenvalue weighted by Gasteiger charge is -2.15. The van der Waals surface area contributed by atoms with Crippen molar-refractivity contribution in [1.82, 2.24) is 0 Å². The number of amides is 2. The predicted octanol–water partition coefficient (Wildman–Crippen LogP) is 6.61. The van der Waals surface area contributed by atoms with Gasteiger partial charge in [0.1, 0.15) is 5.82 Å². The van der Waals surface area contributed by atoms with Gasteiger partial charge in [0.15, 0.2) is 22.4 Å². The molecule has 6 nitrogen and oxygen atoms in total. The van der Waals surface area contributed by atoms with Crippen molar-refractivity contribution >= 4 is 69.2 Å². The summed E-state index contributed by atoms with van der Waals surface area (Å²) in [7, 11) is 0. The van der Waals surface area contributed by atoms with Crippen LogP contribution >= 0.6 is 35.6 Å². The largest absolute Gasteiger partial charge is 0.490 e. The number of thioether (sulfide) groups is 1. The van der Waals surface area contributed by atoms with E-state index in [9.17, 15) is 14.0 Å². The van der Waals surface area contributed by atoms with Crippen molar-refractivity contribution in [3.63, 3.8) is 0 Å². The normalized spacial score (nSPS) is 14.3. The van der Waals surface area contributed by atoms with Gasteiger partial charge >= 0.3 is 0 Å². The molecule has 0 radical (unpaired) electrons. The number of hydrogen-bond donors (Lipinski definition) is 1. The lowest BCUT2D eigenvalue weighted by molar-refractivity contribution is -0.118. The van der Waals surface area contributed by atoms with Crippen LogP contribution in [0.5, 0.6) is 11.5 Å². The van der Waals surface area contributed by atoms with Crippen LogP contribution in [0.2, 0.25) is 5.02 Å². The second-order valence-corrected chi connectivity index (χ2v) is 10.0. The van der Waals surface area contributed by atoms with E-state index in [2.05, 4.69) is 5.32 Å². The molecule has 37 heavy (non-hydrogen) atoms. The minimum Gasteiger partial charge on any atom is -0.490 e. The highest BCUT2D eigenvalue weighted by atomic mass is 35.5. The summed E-state index contributed by atoms with van der Waals surface area (Å²) >= 11 is 13.0. The van der Waals surface area contributed by atoms with Gasteiger partial charge in [-0.2, -0.15) is 0 Å². The maximum absolute atomic E-state index is 13.3. The highest BCUT2D eigenvalue weighted by Gasteiger charge is 2.33. The zero-order valence-corrected chi connectivity index (χ0v) is 22.3. The van der Waals surface area contributed by atoms with Gasteiger partial charge < -0.3 is 14.8 Å². The monoisotopic (exact) mass is 556 g/mol. The number of ether oxygens (including phenoxy) is 2. The van der Waals surface area contributed by atoms with Gasteiger partial charge in [0, 0.05) is 5.69 Å². The van der Waals surface area contributed by atoms with Crippen LogP contribution in [0.15, 0.2) is 65.6 Å². The minimum absolute atomic E-state index is 0.217. The van der Waals surface area contributed by atoms with Gasteiger partial charge in [-0.25, -0.2) is 4.39 Å². The number of halogens is 2. The molecule has 4 rings (SSSR count). The van der Waals surface area contributed by atoms with Crippen molar-refractivity contribution in [2.45, 2.75) is 13.8 Å². The standard InChI is InChI=1S/C27H22ClFN2O4S2/c1-3-34-22-13-17(14-23-26(33)31(27(36)37-23)20-10-6-18(29)7-11-20)12-21(28)25(22)35-15-24(32)30-19-8-4-16(2)5-9-19/h4-14H,3,15H2,1-2H3,(H,30,32)/b23-14-. The number of thiocarbonyl (C=S) groups is 1. The van der Waals surface area contributed by atoms with E-state index in [0.717, 1.165) is 17.3 Å². The van der Waals surface area contributed by atoms with Gasteiger partial charge in [-0.15, -0.1) is 0 Å². The summed E-state index contributed by atoms with van der Waals surface area (Å²) < 4.78 is 25.0. The van der Waals surface area contributed by atoms with Crippen molar-refractivity contribution in [3.05, 3.63) is 87.5 Å². The second-order valence-electron chi connectivity index (χ2n) is 7.96. The number of aryl methyl sites for hydroxylation is 1. The van der Waals surface area contributed by atoms with Crippen LogP contribution in [0, 0.1) is 12.7 Å². The smallest absolute Gasteiger partial charge is 0.270 e. The van der Waals surface area contributed by atoms with E-state index in [1.807, 2.05) is 26.0 Å². The third-order valence-corrected chi connectivity index (χ3v) is 6.77. The Morgan fingerprint density at radius 3 is 2.51 bits per heavy atom. The topological polar surface area (TPSA) is 67.9 Å². The number of anilines is 2. The molecule has 190 valence electrons. The predicted molar refractivity (Wildman–Crippen MR) is 150 cm³/mol. The highest BCUT2D eigenvalue weighted by Crippen LogP contribution is 2.40. The van der Waals surface area contributed by atoms with Crippen LogP contribution in [-0.4, -0.2) is 29.3 Å². The van der Waals surface area contributed by atoms with Crippen molar-refractivity contribution < 1.29 is 23.5 Å². The van der Waals surface area contributed by atoms with E-state index in [-0.39, 0.29) is 29.2 Å². The summed E-state index contributed by atoms with van der Waals surface area (Å²) in [5.41, 5.74) is 2.81. The van der Waals surface area contributed by atoms with E-state index in [1.54, 1.807) is 30.3 Å². The van der Waals surface area contributed by atoms with Crippen LogP contribution in [0.1, 0.15) is 18.1 Å². The molecule has 0 saturated carbocycles. The van der Waals surface area contributed by atoms with Gasteiger partial charge in [0.05, 0.1) is 22.2 Å². The minimum atomic E-state index is -0.405. The van der Waals surface area contributed by atoms with E-state index in [0.29, 0.717) is 38.5 Å². The average molecular weight is 557 g/mol. The quantitative estimate of drug-likeness (QED) is 0.249. The SMILES string of the molecule is CCOc1cc(/C=C2\SC(=S)N(c3ccc(F)cc3)C2=O)cc(Cl)c1OCC(=O)Nc1ccc(C)cc1. The Hall–Kier alpha value is -3.40. The first-order valence-electron chi connectivity index (χ1n) is 11.2. The maximum Gasteiger partial charge on any atom is 0.270 e. The Kier molecular flexibility index (Phi) is 8.48. The Morgan fingerprint density at radius 1 is 1.14 bits per heavy atom. The van der Waals surface area contributed by atoms with Crippen LogP contribution in [0.3, 0.4) is 0 Å². The molecule has 10 heteroatoms. The first-order valence-corrected chi connectivity index (χ1v) is 12.8. The summed E-state index contributed by atoms with van der Waals surface area (Å²) in [4.78, 5) is 27.1. The second kappa shape index (κ2) is 11.8. The van der Waals surface area contributed by atoms with E-state index >= 15 is 0 Å². The third-order valence-electron chi connectivity index (χ3n) is 5.19. The first-order chi connectivity index (χ1) is 17.7. The number of carbonyl (C=O) groups is 2. The van der Waals surface area contributed by atoms with Crippen LogP contribution in [0.4, 0.5) is 15.8 Å². The number of hydrogen-bond acceptors (Lipinski definition) is 6. The Balaban J connectivity index is 1.51. The Bertz CT molecular complexity index is 1380. The molecular formula is C27H22ClFN2O4S2. The van der Waals surface area contributed by atoms with Gasteiger partial charge in [0.2, 0.25) is 0 Å². The molecule has 0 bridgehead atoms. The van der Waals surface area contributed by atoms with Crippen LogP contribution in [-0.2, 0) is 9.59 Å². The third kappa shape index (κ3) is 6.49. The summed E-state index contributed by atoms with van der Waals surface area (Å²) in [5, 5.41) is 2.98. The van der Waals surface area contributed by atoms with Crippen molar-refractivity contribution in [1.29, 1.82) is 0 Å². The molecule has 0 spiro atoms. The summed E-state index contributed by atoms with van der Waals surface area (Å²) in [6.45, 7) is 3.83. The molecule has 3 aromatic rings. The molecule has 1 aliphatic rings. The van der Waals surface area contributed by atoms with Crippen LogP contribution < -0.4 is 19.7 Å². The number of rotatable bonds is 8. The summed E-state index contributed by atoms with van der Waals surface area (Å²) in [6.07, 6.45) is 1.64. The molecule has 0 unspecified atom stereocenters. The number of carbonyl (C=O) groups excluding carboxylic acids is 2. The Morgan fingerprint density at radius 2 is 1.84 bits per heavy atom. The molecule has 2 amide bonds. The van der Waals surface area contributed by atoms with Gasteiger partial charge in [-0.3, -0.25) is 14.5 Å². The molecule has 1 heterocycles. The van der Waals surface area contributed by atoms with E-state index < -0.39 is 5.82 Å². The van der Waals surface area contributed by atoms with Gasteiger partial charge in [-0.1, -0.05) is 53.3 Å². The lowest BCUT2D eigenvalue weighted by atomic mass is 10.1. The fourth-order valence-corrected chi connectivity index (χ4v) is 5.05. The van der Waals surface area contributed by atoms with Gasteiger partial charge in [-0.05, 0) is 74.0 Å². The molecule has 3 aromatic carbocycles. The van der Waals surface area contributed by atoms with Crippen molar-refractivity contribution in [2.75, 3.05) is 23.4 Å². The number of benzene rings is 3. The fraction of sp³-hybridized carbons (Fsp3) is 0.148. The molecular weight excluding hydrogens is 535 g/mol. The number of nitrogens with one attached hydrogen (secondary N) is 1. The van der Waals surface area contributed by atoms with E-state index in [1.165, 1.54) is 29.2 Å². The van der Waals surface area contributed by atoms with Gasteiger partial charge in [0.25, 0.3) is 11.8 Å². The molecule has 0 atom stereocenters. The van der Waals surface area contributed by atoms with E-state index in [4.69, 9.17) is 33.3 Å². The summed E-state index contributed by atoms with van der Waals surface area (Å²) in [6, 6.07) is 16.2. The fourth-order valence-electron chi connectivity index (χ4n) is 3.48.